The summed E-state index contributed by atoms with van der Waals surface area (Å²) in [5.74, 6) is -0.732. The molecule has 27 heavy (non-hydrogen) atoms. The molecule has 0 saturated heterocycles. The molecule has 0 bridgehead atoms. The zero-order valence-corrected chi connectivity index (χ0v) is 15.3. The Morgan fingerprint density at radius 2 is 1.67 bits per heavy atom. The molecule has 2 aromatic carbocycles. The molecule has 0 N–H and O–H groups in total. The number of nitro groups is 1. The lowest BCUT2D eigenvalue weighted by Gasteiger charge is -2.10. The van der Waals surface area contributed by atoms with E-state index >= 15 is 0 Å². The first kappa shape index (κ1) is 18.5. The Bertz CT molecular complexity index is 1130. The molecule has 1 aromatic heterocycles. The fraction of sp³-hybridized carbons (Fsp3) is 0.0556. The van der Waals surface area contributed by atoms with Crippen LogP contribution in [0.4, 0.5) is 5.69 Å². The van der Waals surface area contributed by atoms with Gasteiger partial charge < -0.3 is 0 Å². The predicted molar refractivity (Wildman–Crippen MR) is 101 cm³/mol. The van der Waals surface area contributed by atoms with Crippen LogP contribution in [0.15, 0.2) is 74.9 Å². The normalized spacial score (nSPS) is 10.6. The van der Waals surface area contributed by atoms with Crippen LogP contribution in [0.5, 0.6) is 0 Å². The van der Waals surface area contributed by atoms with Crippen LogP contribution in [-0.2, 0) is 6.54 Å². The number of non-ortho nitro benzene ring substituents is 1. The Morgan fingerprint density at radius 3 is 2.26 bits per heavy atom. The van der Waals surface area contributed by atoms with E-state index in [0.29, 0.717) is 10.1 Å². The molecule has 0 aliphatic heterocycles. The van der Waals surface area contributed by atoms with Crippen LogP contribution in [-0.4, -0.2) is 20.0 Å². The number of carbonyl (C=O) groups is 1. The van der Waals surface area contributed by atoms with Gasteiger partial charge in [-0.15, -0.1) is 0 Å². The Hall–Kier alpha value is -3.33. The second kappa shape index (κ2) is 7.50. The number of halogens is 1. The first-order valence-electron chi connectivity index (χ1n) is 7.73. The summed E-state index contributed by atoms with van der Waals surface area (Å²) >= 11 is 3.08. The Balaban J connectivity index is 2.04. The number of rotatable bonds is 4. The first-order valence-corrected chi connectivity index (χ1v) is 8.53. The second-order valence-corrected chi connectivity index (χ2v) is 6.48. The lowest BCUT2D eigenvalue weighted by molar-refractivity contribution is -0.384. The van der Waals surface area contributed by atoms with Crippen LogP contribution in [0.1, 0.15) is 15.9 Å². The molecule has 0 radical (unpaired) electrons. The van der Waals surface area contributed by atoms with Crippen molar-refractivity contribution >= 4 is 27.5 Å². The predicted octanol–water partition coefficient (Wildman–Crippen LogP) is 2.42. The zero-order valence-electron chi connectivity index (χ0n) is 13.7. The van der Waals surface area contributed by atoms with Gasteiger partial charge in [-0.3, -0.25) is 24.3 Å². The van der Waals surface area contributed by atoms with E-state index in [0.717, 1.165) is 0 Å². The third kappa shape index (κ3) is 3.77. The molecule has 0 amide bonds. The van der Waals surface area contributed by atoms with Gasteiger partial charge in [0.2, 0.25) is 0 Å². The van der Waals surface area contributed by atoms with E-state index in [-0.39, 0.29) is 22.3 Å². The number of nitro benzene ring substituents is 1. The standard InChI is InChI=1S/C18H12BrN3O5/c19-15-11-20(10-12-6-8-14(9-7-12)22(26)27)18(25)21(17(15)24)16(23)13-4-2-1-3-5-13/h1-9,11H,10H2. The second-order valence-electron chi connectivity index (χ2n) is 5.62. The fourth-order valence-electron chi connectivity index (χ4n) is 2.49. The van der Waals surface area contributed by atoms with Gasteiger partial charge in [-0.05, 0) is 33.6 Å². The van der Waals surface area contributed by atoms with Gasteiger partial charge >= 0.3 is 5.69 Å². The minimum atomic E-state index is -0.796. The van der Waals surface area contributed by atoms with E-state index < -0.39 is 22.1 Å². The number of hydrogen-bond acceptors (Lipinski definition) is 5. The average Bonchev–Trinajstić information content (AvgIpc) is 2.67. The summed E-state index contributed by atoms with van der Waals surface area (Å²) in [5, 5.41) is 10.7. The van der Waals surface area contributed by atoms with Gasteiger partial charge in [-0.25, -0.2) is 4.79 Å². The minimum absolute atomic E-state index is 0.0395. The van der Waals surface area contributed by atoms with Gasteiger partial charge in [0.1, 0.15) is 0 Å². The Labute approximate surface area is 160 Å². The van der Waals surface area contributed by atoms with E-state index in [1.54, 1.807) is 18.2 Å². The minimum Gasteiger partial charge on any atom is -0.294 e. The molecule has 0 spiro atoms. The molecule has 0 saturated carbocycles. The maximum atomic E-state index is 12.7. The summed E-state index contributed by atoms with van der Waals surface area (Å²) in [6.45, 7) is 0.0395. The zero-order chi connectivity index (χ0) is 19.6. The number of benzene rings is 2. The SMILES string of the molecule is O=C(c1ccccc1)n1c(=O)c(Br)cn(Cc2ccc([N+](=O)[O-])cc2)c1=O. The topological polar surface area (TPSA) is 104 Å². The summed E-state index contributed by atoms with van der Waals surface area (Å²) in [5.41, 5.74) is -0.815. The lowest BCUT2D eigenvalue weighted by Crippen LogP contribution is -2.44. The molecule has 3 rings (SSSR count). The van der Waals surface area contributed by atoms with Crippen molar-refractivity contribution in [3.8, 4) is 0 Å². The van der Waals surface area contributed by atoms with Gasteiger partial charge in [0, 0.05) is 23.9 Å². The van der Waals surface area contributed by atoms with E-state index in [1.807, 2.05) is 0 Å². The molecule has 3 aromatic rings. The average molecular weight is 430 g/mol. The molecule has 1 heterocycles. The van der Waals surface area contributed by atoms with Gasteiger partial charge in [-0.2, -0.15) is 4.57 Å². The van der Waals surface area contributed by atoms with Crippen molar-refractivity contribution in [2.75, 3.05) is 0 Å². The summed E-state index contributed by atoms with van der Waals surface area (Å²) in [4.78, 5) is 47.9. The molecule has 136 valence electrons. The molecular weight excluding hydrogens is 418 g/mol. The number of nitrogens with zero attached hydrogens (tertiary/aromatic N) is 3. The molecular formula is C18H12BrN3O5. The van der Waals surface area contributed by atoms with Crippen LogP contribution in [0.25, 0.3) is 0 Å². The summed E-state index contributed by atoms with van der Waals surface area (Å²) in [7, 11) is 0. The molecule has 0 aliphatic rings. The van der Waals surface area contributed by atoms with E-state index in [4.69, 9.17) is 0 Å². The van der Waals surface area contributed by atoms with Crippen molar-refractivity contribution in [2.24, 2.45) is 0 Å². The van der Waals surface area contributed by atoms with Crippen molar-refractivity contribution in [2.45, 2.75) is 6.54 Å². The number of hydrogen-bond donors (Lipinski definition) is 0. The van der Waals surface area contributed by atoms with Crippen molar-refractivity contribution in [1.82, 2.24) is 9.13 Å². The highest BCUT2D eigenvalue weighted by Gasteiger charge is 2.18. The van der Waals surface area contributed by atoms with Crippen molar-refractivity contribution in [3.63, 3.8) is 0 Å². The molecule has 0 atom stereocenters. The third-order valence-electron chi connectivity index (χ3n) is 3.84. The van der Waals surface area contributed by atoms with Crippen LogP contribution in [0.2, 0.25) is 0 Å². The van der Waals surface area contributed by atoms with Crippen molar-refractivity contribution < 1.29 is 9.72 Å². The maximum absolute atomic E-state index is 12.7. The summed E-state index contributed by atoms with van der Waals surface area (Å²) in [6, 6.07) is 13.7. The van der Waals surface area contributed by atoms with Crippen LogP contribution in [0, 0.1) is 10.1 Å². The Morgan fingerprint density at radius 1 is 1.04 bits per heavy atom. The Kier molecular flexibility index (Phi) is 5.13. The maximum Gasteiger partial charge on any atom is 0.338 e. The summed E-state index contributed by atoms with van der Waals surface area (Å²) in [6.07, 6.45) is 1.29. The van der Waals surface area contributed by atoms with Gasteiger partial charge in [0.25, 0.3) is 17.2 Å². The first-order chi connectivity index (χ1) is 12.9. The highest BCUT2D eigenvalue weighted by Crippen LogP contribution is 2.13. The fourth-order valence-corrected chi connectivity index (χ4v) is 2.92. The van der Waals surface area contributed by atoms with E-state index in [2.05, 4.69) is 15.9 Å². The number of carbonyl (C=O) groups excluding carboxylic acids is 1. The lowest BCUT2D eigenvalue weighted by atomic mass is 10.2. The van der Waals surface area contributed by atoms with Crippen LogP contribution < -0.4 is 11.2 Å². The monoisotopic (exact) mass is 429 g/mol. The van der Waals surface area contributed by atoms with E-state index in [1.165, 1.54) is 47.2 Å². The smallest absolute Gasteiger partial charge is 0.294 e. The van der Waals surface area contributed by atoms with E-state index in [9.17, 15) is 24.5 Å². The van der Waals surface area contributed by atoms with Crippen molar-refractivity contribution in [3.05, 3.63) is 107 Å². The highest BCUT2D eigenvalue weighted by molar-refractivity contribution is 9.10. The quantitative estimate of drug-likeness (QED) is 0.467. The largest absolute Gasteiger partial charge is 0.338 e. The van der Waals surface area contributed by atoms with Gasteiger partial charge in [-0.1, -0.05) is 30.3 Å². The highest BCUT2D eigenvalue weighted by atomic mass is 79.9. The van der Waals surface area contributed by atoms with Gasteiger partial charge in [0.05, 0.1) is 15.9 Å². The van der Waals surface area contributed by atoms with Crippen LogP contribution in [0.3, 0.4) is 0 Å². The molecule has 0 fully saturated rings. The number of aromatic nitrogens is 2. The molecule has 9 heteroatoms. The molecule has 0 unspecified atom stereocenters. The summed E-state index contributed by atoms with van der Waals surface area (Å²) < 4.78 is 1.80. The molecule has 8 nitrogen and oxygen atoms in total. The van der Waals surface area contributed by atoms with Gasteiger partial charge in [0.15, 0.2) is 0 Å². The molecule has 0 aliphatic carbocycles. The van der Waals surface area contributed by atoms with Crippen LogP contribution >= 0.6 is 15.9 Å². The van der Waals surface area contributed by atoms with Crippen molar-refractivity contribution in [1.29, 1.82) is 0 Å². The third-order valence-corrected chi connectivity index (χ3v) is 4.38.